The average molecular weight is 470 g/mol. The molecule has 164 valence electrons. The predicted octanol–water partition coefficient (Wildman–Crippen LogP) is 3.78. The van der Waals surface area contributed by atoms with E-state index >= 15 is 0 Å². The Morgan fingerprint density at radius 3 is 2.29 bits per heavy atom. The number of imide groups is 1. The number of rotatable bonds is 5. The van der Waals surface area contributed by atoms with E-state index < -0.39 is 35.0 Å². The summed E-state index contributed by atoms with van der Waals surface area (Å²) in [5, 5.41) is 5.45. The summed E-state index contributed by atoms with van der Waals surface area (Å²) in [5.74, 6) is -3.95. The van der Waals surface area contributed by atoms with Crippen LogP contribution in [0.1, 0.15) is 49.3 Å². The first-order valence-corrected chi connectivity index (χ1v) is 10.2. The Balaban J connectivity index is 1.75. The minimum absolute atomic E-state index is 0.0490. The van der Waals surface area contributed by atoms with E-state index in [0.717, 1.165) is 12.1 Å². The monoisotopic (exact) mass is 469 g/mol. The molecule has 31 heavy (non-hydrogen) atoms. The van der Waals surface area contributed by atoms with Gasteiger partial charge in [0.25, 0.3) is 0 Å². The van der Waals surface area contributed by atoms with Crippen LogP contribution in [0.25, 0.3) is 0 Å². The molecule has 2 aromatic rings. The Labute approximate surface area is 187 Å². The molecule has 3 amide bonds. The molecule has 0 bridgehead atoms. The van der Waals surface area contributed by atoms with Crippen molar-refractivity contribution in [3.8, 4) is 0 Å². The number of hydrogen-bond donors (Lipinski definition) is 2. The third-order valence-electron chi connectivity index (χ3n) is 5.23. The van der Waals surface area contributed by atoms with Gasteiger partial charge in [0.15, 0.2) is 0 Å². The fourth-order valence-electron chi connectivity index (χ4n) is 3.40. The van der Waals surface area contributed by atoms with Crippen LogP contribution in [0.5, 0.6) is 0 Å². The topological polar surface area (TPSA) is 88.2 Å². The summed E-state index contributed by atoms with van der Waals surface area (Å²) in [6, 6.07) is 5.16. The molecule has 1 aliphatic rings. The Morgan fingerprint density at radius 2 is 1.74 bits per heavy atom. The van der Waals surface area contributed by atoms with Gasteiger partial charge < -0.3 is 5.32 Å². The van der Waals surface area contributed by atoms with Gasteiger partial charge >= 0.3 is 0 Å². The molecule has 1 unspecified atom stereocenters. The minimum Gasteiger partial charge on any atom is -0.351 e. The second-order valence-electron chi connectivity index (χ2n) is 7.79. The van der Waals surface area contributed by atoms with E-state index in [1.807, 2.05) is 0 Å². The molecule has 0 spiro atoms. The van der Waals surface area contributed by atoms with Crippen LogP contribution in [-0.2, 0) is 26.3 Å². The van der Waals surface area contributed by atoms with E-state index in [-0.39, 0.29) is 34.5 Å². The fourth-order valence-corrected chi connectivity index (χ4v) is 4.20. The second-order valence-corrected chi connectivity index (χ2v) is 8.60. The molecule has 2 N–H and O–H groups in total. The lowest BCUT2D eigenvalue weighted by molar-refractivity contribution is -0.134. The van der Waals surface area contributed by atoms with E-state index in [9.17, 15) is 23.2 Å². The lowest BCUT2D eigenvalue weighted by Gasteiger charge is -2.25. The molecule has 6 nitrogen and oxygen atoms in total. The highest BCUT2D eigenvalue weighted by atomic mass is 35.5. The molecule has 0 aliphatic carbocycles. The highest BCUT2D eigenvalue weighted by molar-refractivity contribution is 6.36. The van der Waals surface area contributed by atoms with Crippen molar-refractivity contribution in [1.82, 2.24) is 15.6 Å². The summed E-state index contributed by atoms with van der Waals surface area (Å²) in [5.41, 5.74) is -0.0988. The van der Waals surface area contributed by atoms with E-state index in [1.54, 1.807) is 12.1 Å². The number of aromatic nitrogens is 1. The number of halogens is 4. The summed E-state index contributed by atoms with van der Waals surface area (Å²) < 4.78 is 26.9. The van der Waals surface area contributed by atoms with E-state index in [2.05, 4.69) is 15.6 Å². The van der Waals surface area contributed by atoms with Crippen LogP contribution >= 0.6 is 23.2 Å². The standard InChI is InChI=1S/C21H19Cl2F2N3O3/c1-21(2,11-7-15(24)27-16(25)8-11)20(31)26-9-10-5-13(22)18(14(23)6-10)12-3-4-17(29)28-19(12)30/h5-8,12H,3-4,9H2,1-2H3,(H,26,31)(H,28,29,30). The number of nitrogens with zero attached hydrogens (tertiary/aromatic N) is 1. The first kappa shape index (κ1) is 23.1. The van der Waals surface area contributed by atoms with E-state index in [4.69, 9.17) is 23.2 Å². The predicted molar refractivity (Wildman–Crippen MR) is 111 cm³/mol. The quantitative estimate of drug-likeness (QED) is 0.515. The van der Waals surface area contributed by atoms with Gasteiger partial charge in [-0.1, -0.05) is 23.2 Å². The first-order chi connectivity index (χ1) is 14.5. The zero-order valence-electron chi connectivity index (χ0n) is 16.7. The van der Waals surface area contributed by atoms with Gasteiger partial charge in [-0.3, -0.25) is 19.7 Å². The molecule has 2 heterocycles. The highest BCUT2D eigenvalue weighted by Crippen LogP contribution is 2.37. The van der Waals surface area contributed by atoms with Gasteiger partial charge in [-0.2, -0.15) is 13.8 Å². The molecule has 1 fully saturated rings. The van der Waals surface area contributed by atoms with E-state index in [1.165, 1.54) is 13.8 Å². The van der Waals surface area contributed by atoms with Gasteiger partial charge in [0.05, 0.1) is 11.3 Å². The number of piperidine rings is 1. The molecule has 3 rings (SSSR count). The molecule has 0 radical (unpaired) electrons. The van der Waals surface area contributed by atoms with Crippen LogP contribution in [-0.4, -0.2) is 22.7 Å². The molecule has 0 saturated carbocycles. The number of carbonyl (C=O) groups excluding carboxylic acids is 3. The summed E-state index contributed by atoms with van der Waals surface area (Å²) in [6.45, 7) is 3.11. The van der Waals surface area contributed by atoms with Crippen molar-refractivity contribution >= 4 is 40.9 Å². The van der Waals surface area contributed by atoms with Gasteiger partial charge in [0, 0.05) is 28.6 Å². The molecule has 1 aromatic heterocycles. The number of nitrogens with one attached hydrogen (secondary N) is 2. The summed E-state index contributed by atoms with van der Waals surface area (Å²) in [7, 11) is 0. The van der Waals surface area contributed by atoms with Crippen molar-refractivity contribution in [2.24, 2.45) is 0 Å². The molecule has 1 atom stereocenters. The summed E-state index contributed by atoms with van der Waals surface area (Å²) in [6.07, 6.45) is 0.486. The average Bonchev–Trinajstić information content (AvgIpc) is 2.66. The number of benzene rings is 1. The van der Waals surface area contributed by atoms with Crippen LogP contribution in [0.2, 0.25) is 10.0 Å². The Kier molecular flexibility index (Phi) is 6.62. The van der Waals surface area contributed by atoms with Crippen LogP contribution in [0, 0.1) is 11.9 Å². The maximum atomic E-state index is 13.4. The van der Waals surface area contributed by atoms with Gasteiger partial charge in [-0.05, 0) is 55.7 Å². The maximum absolute atomic E-state index is 13.4. The van der Waals surface area contributed by atoms with Crippen molar-refractivity contribution in [2.45, 2.75) is 44.6 Å². The second kappa shape index (κ2) is 8.88. The number of pyridine rings is 1. The SMILES string of the molecule is CC(C)(C(=O)NCc1cc(Cl)c(C2CCC(=O)NC2=O)c(Cl)c1)c1cc(F)nc(F)c1. The lowest BCUT2D eigenvalue weighted by atomic mass is 9.84. The Morgan fingerprint density at radius 1 is 1.16 bits per heavy atom. The van der Waals surface area contributed by atoms with Crippen molar-refractivity contribution in [3.63, 3.8) is 0 Å². The van der Waals surface area contributed by atoms with Crippen molar-refractivity contribution in [1.29, 1.82) is 0 Å². The van der Waals surface area contributed by atoms with Crippen molar-refractivity contribution in [3.05, 3.63) is 62.9 Å². The molecule has 10 heteroatoms. The van der Waals surface area contributed by atoms with Crippen molar-refractivity contribution in [2.75, 3.05) is 0 Å². The normalized spacial score (nSPS) is 16.8. The smallest absolute Gasteiger partial charge is 0.234 e. The van der Waals surface area contributed by atoms with Crippen LogP contribution in [0.4, 0.5) is 8.78 Å². The first-order valence-electron chi connectivity index (χ1n) is 9.42. The van der Waals surface area contributed by atoms with Crippen LogP contribution in [0.3, 0.4) is 0 Å². The highest BCUT2D eigenvalue weighted by Gasteiger charge is 2.32. The zero-order chi connectivity index (χ0) is 22.9. The number of amides is 3. The number of hydrogen-bond acceptors (Lipinski definition) is 4. The van der Waals surface area contributed by atoms with Gasteiger partial charge in [-0.15, -0.1) is 0 Å². The van der Waals surface area contributed by atoms with Gasteiger partial charge in [0.1, 0.15) is 0 Å². The number of carbonyl (C=O) groups is 3. The summed E-state index contributed by atoms with van der Waals surface area (Å²) in [4.78, 5) is 39.2. The molecular weight excluding hydrogens is 451 g/mol. The Hall–Kier alpha value is -2.58. The minimum atomic E-state index is -1.23. The van der Waals surface area contributed by atoms with E-state index in [0.29, 0.717) is 17.5 Å². The molecular formula is C21H19Cl2F2N3O3. The largest absolute Gasteiger partial charge is 0.351 e. The maximum Gasteiger partial charge on any atom is 0.234 e. The fraction of sp³-hybridized carbons (Fsp3) is 0.333. The molecule has 1 saturated heterocycles. The van der Waals surface area contributed by atoms with Gasteiger partial charge in [-0.25, -0.2) is 0 Å². The van der Waals surface area contributed by atoms with Crippen LogP contribution in [0.15, 0.2) is 24.3 Å². The van der Waals surface area contributed by atoms with Gasteiger partial charge in [0.2, 0.25) is 29.6 Å². The zero-order valence-corrected chi connectivity index (χ0v) is 18.2. The summed E-state index contributed by atoms with van der Waals surface area (Å²) >= 11 is 12.7. The van der Waals surface area contributed by atoms with Crippen LogP contribution < -0.4 is 10.6 Å². The third-order valence-corrected chi connectivity index (χ3v) is 5.86. The Bertz CT molecular complexity index is 1030. The van der Waals surface area contributed by atoms with Crippen molar-refractivity contribution < 1.29 is 23.2 Å². The third kappa shape index (κ3) is 5.02. The lowest BCUT2D eigenvalue weighted by Crippen LogP contribution is -2.40. The molecule has 1 aromatic carbocycles. The molecule has 1 aliphatic heterocycles.